The standard InChI is InChI=1S/C16H18FN/c1-11(2)9-12-5-3-6-13(10-12)14-7-4-8-15(17)16(14)18/h3-8,10-11H,9,18H2,1-2H3. The topological polar surface area (TPSA) is 26.0 Å². The number of hydrogen-bond acceptors (Lipinski definition) is 1. The van der Waals surface area contributed by atoms with E-state index in [0.717, 1.165) is 17.5 Å². The molecule has 0 aliphatic rings. The summed E-state index contributed by atoms with van der Waals surface area (Å²) in [7, 11) is 0. The minimum Gasteiger partial charge on any atom is -0.396 e. The molecule has 94 valence electrons. The molecular formula is C16H18FN. The molecule has 1 nitrogen and oxygen atoms in total. The largest absolute Gasteiger partial charge is 0.396 e. The molecule has 0 bridgehead atoms. The van der Waals surface area contributed by atoms with Crippen LogP contribution < -0.4 is 5.73 Å². The van der Waals surface area contributed by atoms with Gasteiger partial charge in [-0.15, -0.1) is 0 Å². The summed E-state index contributed by atoms with van der Waals surface area (Å²) in [5.74, 6) is 0.242. The molecule has 2 heteroatoms. The highest BCUT2D eigenvalue weighted by atomic mass is 19.1. The molecule has 0 unspecified atom stereocenters. The van der Waals surface area contributed by atoms with Crippen molar-refractivity contribution in [2.45, 2.75) is 20.3 Å². The van der Waals surface area contributed by atoms with E-state index in [0.29, 0.717) is 5.92 Å². The summed E-state index contributed by atoms with van der Waals surface area (Å²) in [4.78, 5) is 0. The van der Waals surface area contributed by atoms with Gasteiger partial charge in [0, 0.05) is 5.56 Å². The molecule has 0 amide bonds. The zero-order valence-electron chi connectivity index (χ0n) is 10.8. The molecule has 0 saturated heterocycles. The van der Waals surface area contributed by atoms with Crippen LogP contribution in [-0.4, -0.2) is 0 Å². The fourth-order valence-electron chi connectivity index (χ4n) is 2.13. The molecule has 0 fully saturated rings. The monoisotopic (exact) mass is 243 g/mol. The molecule has 0 aliphatic heterocycles. The maximum Gasteiger partial charge on any atom is 0.146 e. The number of halogens is 1. The van der Waals surface area contributed by atoms with Crippen LogP contribution >= 0.6 is 0 Å². The third-order valence-corrected chi connectivity index (χ3v) is 2.93. The van der Waals surface area contributed by atoms with E-state index in [2.05, 4.69) is 26.0 Å². The van der Waals surface area contributed by atoms with Gasteiger partial charge in [0.25, 0.3) is 0 Å². The van der Waals surface area contributed by atoms with Crippen LogP contribution in [0.15, 0.2) is 42.5 Å². The van der Waals surface area contributed by atoms with E-state index in [1.807, 2.05) is 18.2 Å². The van der Waals surface area contributed by atoms with Crippen LogP contribution in [0, 0.1) is 11.7 Å². The maximum atomic E-state index is 13.5. The van der Waals surface area contributed by atoms with E-state index in [4.69, 9.17) is 5.73 Å². The van der Waals surface area contributed by atoms with Gasteiger partial charge in [0.15, 0.2) is 0 Å². The molecule has 0 spiro atoms. The third-order valence-electron chi connectivity index (χ3n) is 2.93. The van der Waals surface area contributed by atoms with Crippen LogP contribution in [0.3, 0.4) is 0 Å². The number of anilines is 1. The van der Waals surface area contributed by atoms with E-state index in [1.54, 1.807) is 6.07 Å². The van der Waals surface area contributed by atoms with Crippen LogP contribution in [0.4, 0.5) is 10.1 Å². The Bertz CT molecular complexity index is 547. The molecule has 0 aliphatic carbocycles. The lowest BCUT2D eigenvalue weighted by molar-refractivity contribution is 0.633. The minimum atomic E-state index is -0.359. The Balaban J connectivity index is 2.41. The second-order valence-electron chi connectivity index (χ2n) is 5.00. The van der Waals surface area contributed by atoms with Crippen LogP contribution in [0.1, 0.15) is 19.4 Å². The molecule has 0 aromatic heterocycles. The van der Waals surface area contributed by atoms with Crippen molar-refractivity contribution in [2.24, 2.45) is 5.92 Å². The van der Waals surface area contributed by atoms with Crippen LogP contribution in [0.5, 0.6) is 0 Å². The summed E-state index contributed by atoms with van der Waals surface area (Å²) < 4.78 is 13.5. The van der Waals surface area contributed by atoms with Gasteiger partial charge >= 0.3 is 0 Å². The molecule has 0 radical (unpaired) electrons. The fourth-order valence-corrected chi connectivity index (χ4v) is 2.13. The molecule has 2 N–H and O–H groups in total. The van der Waals surface area contributed by atoms with Gasteiger partial charge < -0.3 is 5.73 Å². The van der Waals surface area contributed by atoms with E-state index in [-0.39, 0.29) is 11.5 Å². The predicted molar refractivity (Wildman–Crippen MR) is 74.8 cm³/mol. The first kappa shape index (κ1) is 12.6. The number of rotatable bonds is 3. The fraction of sp³-hybridized carbons (Fsp3) is 0.250. The van der Waals surface area contributed by atoms with Crippen molar-refractivity contribution in [1.29, 1.82) is 0 Å². The number of nitrogens with two attached hydrogens (primary N) is 1. The second kappa shape index (κ2) is 5.21. The average Bonchev–Trinajstić information content (AvgIpc) is 2.32. The van der Waals surface area contributed by atoms with Crippen molar-refractivity contribution in [3.05, 3.63) is 53.8 Å². The van der Waals surface area contributed by atoms with Crippen molar-refractivity contribution < 1.29 is 4.39 Å². The quantitative estimate of drug-likeness (QED) is 0.800. The van der Waals surface area contributed by atoms with Crippen molar-refractivity contribution in [1.82, 2.24) is 0 Å². The molecule has 2 rings (SSSR count). The van der Waals surface area contributed by atoms with Crippen LogP contribution in [-0.2, 0) is 6.42 Å². The Hall–Kier alpha value is -1.83. The van der Waals surface area contributed by atoms with Crippen molar-refractivity contribution >= 4 is 5.69 Å². The van der Waals surface area contributed by atoms with Gasteiger partial charge in [-0.1, -0.05) is 50.2 Å². The molecular weight excluding hydrogens is 225 g/mol. The van der Waals surface area contributed by atoms with Gasteiger partial charge in [-0.3, -0.25) is 0 Å². The van der Waals surface area contributed by atoms with Gasteiger partial charge in [0.2, 0.25) is 0 Å². The molecule has 2 aromatic rings. The minimum absolute atomic E-state index is 0.221. The Morgan fingerprint density at radius 1 is 1.11 bits per heavy atom. The average molecular weight is 243 g/mol. The number of hydrogen-bond donors (Lipinski definition) is 1. The number of nitrogen functional groups attached to an aromatic ring is 1. The smallest absolute Gasteiger partial charge is 0.146 e. The normalized spacial score (nSPS) is 10.9. The van der Waals surface area contributed by atoms with Gasteiger partial charge in [0.1, 0.15) is 5.82 Å². The lowest BCUT2D eigenvalue weighted by Crippen LogP contribution is -1.96. The van der Waals surface area contributed by atoms with Crippen molar-refractivity contribution in [3.8, 4) is 11.1 Å². The van der Waals surface area contributed by atoms with E-state index in [1.165, 1.54) is 11.6 Å². The highest BCUT2D eigenvalue weighted by Crippen LogP contribution is 2.28. The zero-order valence-corrected chi connectivity index (χ0v) is 10.8. The number of benzene rings is 2. The van der Waals surface area contributed by atoms with Gasteiger partial charge in [-0.25, -0.2) is 4.39 Å². The summed E-state index contributed by atoms with van der Waals surface area (Å²) >= 11 is 0. The lowest BCUT2D eigenvalue weighted by atomic mass is 9.97. The molecule has 18 heavy (non-hydrogen) atoms. The predicted octanol–water partition coefficient (Wildman–Crippen LogP) is 4.27. The lowest BCUT2D eigenvalue weighted by Gasteiger charge is -2.10. The maximum absolute atomic E-state index is 13.5. The van der Waals surface area contributed by atoms with Gasteiger partial charge in [-0.2, -0.15) is 0 Å². The highest BCUT2D eigenvalue weighted by Gasteiger charge is 2.07. The van der Waals surface area contributed by atoms with Crippen LogP contribution in [0.2, 0.25) is 0 Å². The summed E-state index contributed by atoms with van der Waals surface area (Å²) in [6, 6.07) is 13.1. The summed E-state index contributed by atoms with van der Waals surface area (Å²) in [6.45, 7) is 4.37. The summed E-state index contributed by atoms with van der Waals surface area (Å²) in [5.41, 5.74) is 9.01. The highest BCUT2D eigenvalue weighted by molar-refractivity contribution is 5.76. The Morgan fingerprint density at radius 2 is 1.83 bits per heavy atom. The Morgan fingerprint density at radius 3 is 2.56 bits per heavy atom. The second-order valence-corrected chi connectivity index (χ2v) is 5.00. The van der Waals surface area contributed by atoms with Crippen molar-refractivity contribution in [2.75, 3.05) is 5.73 Å². The first-order chi connectivity index (χ1) is 8.58. The van der Waals surface area contributed by atoms with E-state index in [9.17, 15) is 4.39 Å². The summed E-state index contributed by atoms with van der Waals surface area (Å²) in [6.07, 6.45) is 1.02. The molecule has 0 saturated carbocycles. The molecule has 0 atom stereocenters. The van der Waals surface area contributed by atoms with E-state index < -0.39 is 0 Å². The first-order valence-electron chi connectivity index (χ1n) is 6.21. The molecule has 0 heterocycles. The van der Waals surface area contributed by atoms with E-state index >= 15 is 0 Å². The Kier molecular flexibility index (Phi) is 3.66. The van der Waals surface area contributed by atoms with Gasteiger partial charge in [0.05, 0.1) is 5.69 Å². The summed E-state index contributed by atoms with van der Waals surface area (Å²) in [5, 5.41) is 0. The Labute approximate surface area is 107 Å². The zero-order chi connectivity index (χ0) is 13.1. The van der Waals surface area contributed by atoms with Crippen LogP contribution in [0.25, 0.3) is 11.1 Å². The SMILES string of the molecule is CC(C)Cc1cccc(-c2cccc(F)c2N)c1. The number of para-hydroxylation sites is 1. The first-order valence-corrected chi connectivity index (χ1v) is 6.21. The third kappa shape index (κ3) is 2.70. The molecule has 2 aromatic carbocycles. The van der Waals surface area contributed by atoms with Gasteiger partial charge in [-0.05, 0) is 29.5 Å². The van der Waals surface area contributed by atoms with Crippen molar-refractivity contribution in [3.63, 3.8) is 0 Å².